The van der Waals surface area contributed by atoms with E-state index in [1.165, 1.54) is 0 Å². The second-order valence-electron chi connectivity index (χ2n) is 6.88. The Labute approximate surface area is 169 Å². The monoisotopic (exact) mass is 392 g/mol. The van der Waals surface area contributed by atoms with Gasteiger partial charge in [0, 0.05) is 29.2 Å². The van der Waals surface area contributed by atoms with E-state index in [9.17, 15) is 4.79 Å². The van der Waals surface area contributed by atoms with Crippen LogP contribution in [0.2, 0.25) is 5.02 Å². The van der Waals surface area contributed by atoms with Crippen molar-refractivity contribution in [3.05, 3.63) is 76.9 Å². The fraction of sp³-hybridized carbons (Fsp3) is 0.227. The summed E-state index contributed by atoms with van der Waals surface area (Å²) in [6.45, 7) is 0.509. The smallest absolute Gasteiger partial charge is 0.270 e. The second kappa shape index (κ2) is 8.40. The predicted molar refractivity (Wildman–Crippen MR) is 112 cm³/mol. The molecule has 1 heterocycles. The Morgan fingerprint density at radius 3 is 2.61 bits per heavy atom. The van der Waals surface area contributed by atoms with Gasteiger partial charge in [-0.2, -0.15) is 0 Å². The van der Waals surface area contributed by atoms with Crippen molar-refractivity contribution in [3.8, 4) is 11.4 Å². The van der Waals surface area contributed by atoms with Gasteiger partial charge in [0.15, 0.2) is 5.82 Å². The molecule has 0 radical (unpaired) electrons. The van der Waals surface area contributed by atoms with E-state index in [2.05, 4.69) is 20.6 Å². The van der Waals surface area contributed by atoms with E-state index in [0.717, 1.165) is 24.0 Å². The topological polar surface area (TPSA) is 66.9 Å². The van der Waals surface area contributed by atoms with Gasteiger partial charge in [0.1, 0.15) is 11.5 Å². The number of aromatic nitrogens is 2. The molecule has 0 aliphatic heterocycles. The lowest BCUT2D eigenvalue weighted by atomic mass is 10.1. The van der Waals surface area contributed by atoms with E-state index < -0.39 is 0 Å². The van der Waals surface area contributed by atoms with Crippen molar-refractivity contribution in [1.29, 1.82) is 0 Å². The summed E-state index contributed by atoms with van der Waals surface area (Å²) in [5.74, 6) is 1.03. The van der Waals surface area contributed by atoms with Gasteiger partial charge >= 0.3 is 0 Å². The van der Waals surface area contributed by atoms with Crippen LogP contribution in [-0.2, 0) is 6.42 Å². The van der Waals surface area contributed by atoms with Crippen molar-refractivity contribution in [2.75, 3.05) is 11.9 Å². The lowest BCUT2D eigenvalue weighted by Crippen LogP contribution is -2.27. The van der Waals surface area contributed by atoms with Crippen molar-refractivity contribution < 1.29 is 4.79 Å². The normalized spacial score (nSPS) is 13.2. The first kappa shape index (κ1) is 18.4. The van der Waals surface area contributed by atoms with Gasteiger partial charge in [-0.1, -0.05) is 54.1 Å². The van der Waals surface area contributed by atoms with Crippen LogP contribution in [0.4, 0.5) is 5.82 Å². The third-order valence-electron chi connectivity index (χ3n) is 4.51. The third-order valence-corrected chi connectivity index (χ3v) is 4.74. The summed E-state index contributed by atoms with van der Waals surface area (Å²) in [5, 5.41) is 7.00. The van der Waals surface area contributed by atoms with Crippen LogP contribution >= 0.6 is 11.6 Å². The minimum atomic E-state index is -0.208. The zero-order valence-electron chi connectivity index (χ0n) is 15.4. The molecule has 3 aromatic rings. The van der Waals surface area contributed by atoms with Crippen LogP contribution in [0.3, 0.4) is 0 Å². The maximum absolute atomic E-state index is 12.7. The molecule has 1 aromatic heterocycles. The van der Waals surface area contributed by atoms with Crippen molar-refractivity contribution >= 4 is 23.3 Å². The molecule has 2 N–H and O–H groups in total. The molecule has 1 aliphatic rings. The van der Waals surface area contributed by atoms with Crippen LogP contribution in [0, 0.1) is 0 Å². The Hall–Kier alpha value is -2.92. The molecule has 0 bridgehead atoms. The van der Waals surface area contributed by atoms with Gasteiger partial charge in [-0.3, -0.25) is 4.79 Å². The fourth-order valence-corrected chi connectivity index (χ4v) is 3.11. The van der Waals surface area contributed by atoms with Crippen molar-refractivity contribution in [3.63, 3.8) is 0 Å². The van der Waals surface area contributed by atoms with Gasteiger partial charge in [0.25, 0.3) is 5.91 Å². The van der Waals surface area contributed by atoms with Gasteiger partial charge in [0.2, 0.25) is 0 Å². The number of rotatable bonds is 7. The van der Waals surface area contributed by atoms with Crippen LogP contribution in [0.5, 0.6) is 0 Å². The number of halogens is 1. The van der Waals surface area contributed by atoms with Crippen molar-refractivity contribution in [2.24, 2.45) is 0 Å². The first-order valence-electron chi connectivity index (χ1n) is 9.41. The molecule has 1 amide bonds. The number of hydrogen-bond acceptors (Lipinski definition) is 4. The predicted octanol–water partition coefficient (Wildman–Crippen LogP) is 4.34. The summed E-state index contributed by atoms with van der Waals surface area (Å²) < 4.78 is 0. The van der Waals surface area contributed by atoms with E-state index in [1.54, 1.807) is 6.07 Å². The number of carbonyl (C=O) groups excluding carboxylic acids is 1. The molecular weight excluding hydrogens is 372 g/mol. The van der Waals surface area contributed by atoms with E-state index in [4.69, 9.17) is 11.6 Å². The molecule has 6 heteroatoms. The third kappa shape index (κ3) is 4.87. The van der Waals surface area contributed by atoms with Crippen LogP contribution in [0.1, 0.15) is 28.9 Å². The summed E-state index contributed by atoms with van der Waals surface area (Å²) in [6.07, 6.45) is 2.97. The number of nitrogens with one attached hydrogen (secondary N) is 2. The van der Waals surface area contributed by atoms with Gasteiger partial charge in [-0.25, -0.2) is 9.97 Å². The molecule has 28 heavy (non-hydrogen) atoms. The first-order valence-corrected chi connectivity index (χ1v) is 9.79. The fourth-order valence-electron chi connectivity index (χ4n) is 2.89. The minimum absolute atomic E-state index is 0.208. The number of amides is 1. The Bertz CT molecular complexity index is 973. The molecular formula is C22H21ClN4O. The molecule has 1 fully saturated rings. The number of nitrogens with zero attached hydrogens (tertiary/aromatic N) is 2. The van der Waals surface area contributed by atoms with Crippen LogP contribution < -0.4 is 10.6 Å². The van der Waals surface area contributed by atoms with Crippen LogP contribution in [-0.4, -0.2) is 28.5 Å². The number of benzene rings is 2. The molecule has 0 saturated heterocycles. The van der Waals surface area contributed by atoms with Crippen LogP contribution in [0.15, 0.2) is 60.7 Å². The van der Waals surface area contributed by atoms with Gasteiger partial charge in [-0.15, -0.1) is 0 Å². The molecule has 4 rings (SSSR count). The molecule has 142 valence electrons. The van der Waals surface area contributed by atoms with E-state index in [0.29, 0.717) is 41.4 Å². The molecule has 1 saturated carbocycles. The summed E-state index contributed by atoms with van der Waals surface area (Å²) in [7, 11) is 0. The largest absolute Gasteiger partial charge is 0.367 e. The zero-order valence-corrected chi connectivity index (χ0v) is 16.1. The highest BCUT2D eigenvalue weighted by Crippen LogP contribution is 2.25. The summed E-state index contributed by atoms with van der Waals surface area (Å²) in [4.78, 5) is 21.8. The molecule has 1 aliphatic carbocycles. The maximum Gasteiger partial charge on any atom is 0.270 e. The summed E-state index contributed by atoms with van der Waals surface area (Å²) in [6, 6.07) is 19.5. The number of anilines is 1. The maximum atomic E-state index is 12.7. The highest BCUT2D eigenvalue weighted by molar-refractivity contribution is 6.30. The quantitative estimate of drug-likeness (QED) is 0.627. The lowest BCUT2D eigenvalue weighted by Gasteiger charge is -2.10. The van der Waals surface area contributed by atoms with Gasteiger partial charge < -0.3 is 10.6 Å². The van der Waals surface area contributed by atoms with Crippen molar-refractivity contribution in [1.82, 2.24) is 15.3 Å². The van der Waals surface area contributed by atoms with E-state index in [-0.39, 0.29) is 5.91 Å². The highest BCUT2D eigenvalue weighted by atomic mass is 35.5. The Morgan fingerprint density at radius 1 is 1.04 bits per heavy atom. The molecule has 0 unspecified atom stereocenters. The number of hydrogen-bond donors (Lipinski definition) is 2. The molecule has 0 atom stereocenters. The summed E-state index contributed by atoms with van der Waals surface area (Å²) >= 11 is 6.01. The Morgan fingerprint density at radius 2 is 1.86 bits per heavy atom. The number of carbonyl (C=O) groups is 1. The second-order valence-corrected chi connectivity index (χ2v) is 7.32. The standard InChI is InChI=1S/C22H21ClN4O/c23-17-8-4-5-15(13-17)11-12-24-22(28)19-14-20(25-18-9-10-18)27-21(26-19)16-6-2-1-3-7-16/h1-8,13-14,18H,9-12H2,(H,24,28)(H,25,26,27). The molecule has 2 aromatic carbocycles. The minimum Gasteiger partial charge on any atom is -0.367 e. The molecule has 0 spiro atoms. The van der Waals surface area contributed by atoms with Crippen molar-refractivity contribution in [2.45, 2.75) is 25.3 Å². The van der Waals surface area contributed by atoms with Gasteiger partial charge in [-0.05, 0) is 37.0 Å². The lowest BCUT2D eigenvalue weighted by molar-refractivity contribution is 0.0949. The average Bonchev–Trinajstić information content (AvgIpc) is 3.52. The van der Waals surface area contributed by atoms with E-state index >= 15 is 0 Å². The zero-order chi connectivity index (χ0) is 19.3. The Balaban J connectivity index is 1.49. The van der Waals surface area contributed by atoms with E-state index in [1.807, 2.05) is 54.6 Å². The average molecular weight is 393 g/mol. The van der Waals surface area contributed by atoms with Crippen LogP contribution in [0.25, 0.3) is 11.4 Å². The highest BCUT2D eigenvalue weighted by Gasteiger charge is 2.22. The van der Waals surface area contributed by atoms with Gasteiger partial charge in [0.05, 0.1) is 0 Å². The SMILES string of the molecule is O=C(NCCc1cccc(Cl)c1)c1cc(NC2CC2)nc(-c2ccccc2)n1. The first-order chi connectivity index (χ1) is 13.7. The molecule has 5 nitrogen and oxygen atoms in total. The summed E-state index contributed by atoms with van der Waals surface area (Å²) in [5.41, 5.74) is 2.33. The Kier molecular flexibility index (Phi) is 5.53.